The minimum atomic E-state index is -0.0233. The zero-order chi connectivity index (χ0) is 13.9. The maximum absolute atomic E-state index is 11.8. The molecule has 0 unspecified atom stereocenters. The number of nitrogens with zero attached hydrogens (tertiary/aromatic N) is 2. The van der Waals surface area contributed by atoms with Gasteiger partial charge >= 0.3 is 0 Å². The second kappa shape index (κ2) is 5.38. The van der Waals surface area contributed by atoms with Crippen molar-refractivity contribution in [3.63, 3.8) is 0 Å². The Morgan fingerprint density at radius 2 is 2.20 bits per heavy atom. The number of ether oxygens (including phenoxy) is 1. The van der Waals surface area contributed by atoms with Crippen molar-refractivity contribution in [2.75, 3.05) is 19.8 Å². The average Bonchev–Trinajstić information content (AvgIpc) is 2.49. The predicted octanol–water partition coefficient (Wildman–Crippen LogP) is 1.41. The third-order valence-corrected chi connectivity index (χ3v) is 3.39. The Morgan fingerprint density at radius 3 is 3.00 bits per heavy atom. The van der Waals surface area contributed by atoms with E-state index < -0.39 is 0 Å². The molecule has 2 aromatic rings. The molecule has 102 valence electrons. The summed E-state index contributed by atoms with van der Waals surface area (Å²) < 4.78 is 5.12. The topological polar surface area (TPSA) is 59.5 Å². The molecule has 0 spiro atoms. The molecule has 1 aliphatic heterocycles. The van der Waals surface area contributed by atoms with E-state index in [0.29, 0.717) is 25.4 Å². The van der Waals surface area contributed by atoms with Crippen molar-refractivity contribution in [2.24, 2.45) is 0 Å². The highest BCUT2D eigenvalue weighted by atomic mass is 16.5. The van der Waals surface area contributed by atoms with E-state index in [4.69, 9.17) is 4.74 Å². The first-order valence-electron chi connectivity index (χ1n) is 6.47. The molecule has 0 bridgehead atoms. The number of carbonyl (C=O) groups excluding carboxylic acids is 2. The Balaban J connectivity index is 2.01. The number of hydrogen-bond donors (Lipinski definition) is 0. The van der Waals surface area contributed by atoms with Crippen LogP contribution in [-0.4, -0.2) is 41.8 Å². The molecule has 0 aliphatic carbocycles. The zero-order valence-electron chi connectivity index (χ0n) is 10.9. The van der Waals surface area contributed by atoms with Crippen molar-refractivity contribution >= 4 is 23.1 Å². The van der Waals surface area contributed by atoms with Crippen LogP contribution in [-0.2, 0) is 16.1 Å². The van der Waals surface area contributed by atoms with Crippen LogP contribution in [0.4, 0.5) is 0 Å². The van der Waals surface area contributed by atoms with Crippen LogP contribution in [0.1, 0.15) is 16.1 Å². The Morgan fingerprint density at radius 1 is 1.35 bits per heavy atom. The third kappa shape index (κ3) is 2.40. The van der Waals surface area contributed by atoms with E-state index in [1.807, 2.05) is 24.3 Å². The molecule has 5 nitrogen and oxygen atoms in total. The van der Waals surface area contributed by atoms with Crippen LogP contribution in [0.5, 0.6) is 0 Å². The summed E-state index contributed by atoms with van der Waals surface area (Å²) in [6, 6.07) is 9.38. The van der Waals surface area contributed by atoms with Crippen molar-refractivity contribution < 1.29 is 14.3 Å². The number of para-hydroxylation sites is 1. The number of morpholine rings is 1. The molecule has 1 fully saturated rings. The van der Waals surface area contributed by atoms with Crippen molar-refractivity contribution in [1.82, 2.24) is 9.88 Å². The fraction of sp³-hybridized carbons (Fsp3) is 0.267. The van der Waals surface area contributed by atoms with Gasteiger partial charge in [0, 0.05) is 18.5 Å². The summed E-state index contributed by atoms with van der Waals surface area (Å²) in [4.78, 5) is 28.8. The van der Waals surface area contributed by atoms with Gasteiger partial charge in [-0.2, -0.15) is 0 Å². The smallest absolute Gasteiger partial charge is 0.248 e. The Bertz CT molecular complexity index is 669. The lowest BCUT2D eigenvalue weighted by molar-refractivity contribution is -0.143. The van der Waals surface area contributed by atoms with Gasteiger partial charge in [-0.15, -0.1) is 0 Å². The highest BCUT2D eigenvalue weighted by molar-refractivity contribution is 5.87. The van der Waals surface area contributed by atoms with Crippen LogP contribution in [0, 0.1) is 0 Å². The van der Waals surface area contributed by atoms with E-state index >= 15 is 0 Å². The summed E-state index contributed by atoms with van der Waals surface area (Å²) in [5.41, 5.74) is 2.10. The molecule has 0 radical (unpaired) electrons. The Labute approximate surface area is 116 Å². The number of carbonyl (C=O) groups is 2. The fourth-order valence-corrected chi connectivity index (χ4v) is 2.38. The number of aromatic nitrogens is 1. The molecule has 1 aliphatic rings. The number of pyridine rings is 1. The molecule has 1 aromatic carbocycles. The minimum absolute atomic E-state index is 0.0233. The maximum atomic E-state index is 11.8. The monoisotopic (exact) mass is 270 g/mol. The molecule has 0 atom stereocenters. The lowest BCUT2D eigenvalue weighted by Gasteiger charge is -2.27. The SMILES string of the molecule is O=Cc1cc(CN2CCOCC2=O)c2ccccc2n1. The highest BCUT2D eigenvalue weighted by Gasteiger charge is 2.19. The largest absolute Gasteiger partial charge is 0.370 e. The highest BCUT2D eigenvalue weighted by Crippen LogP contribution is 2.20. The zero-order valence-corrected chi connectivity index (χ0v) is 10.9. The van der Waals surface area contributed by atoms with Crippen LogP contribution in [0.15, 0.2) is 30.3 Å². The molecule has 0 N–H and O–H groups in total. The second-order valence-electron chi connectivity index (χ2n) is 4.71. The normalized spacial score (nSPS) is 15.6. The number of benzene rings is 1. The maximum Gasteiger partial charge on any atom is 0.248 e. The van der Waals surface area contributed by atoms with Gasteiger partial charge in [0.2, 0.25) is 5.91 Å². The first kappa shape index (κ1) is 12.7. The van der Waals surface area contributed by atoms with E-state index in [1.165, 1.54) is 0 Å². The molecule has 5 heteroatoms. The van der Waals surface area contributed by atoms with Gasteiger partial charge in [0.25, 0.3) is 0 Å². The standard InChI is InChI=1S/C15H14N2O3/c18-9-12-7-11(8-17-5-6-20-10-15(17)19)13-3-1-2-4-14(13)16-12/h1-4,7,9H,5-6,8,10H2. The van der Waals surface area contributed by atoms with E-state index in [9.17, 15) is 9.59 Å². The molecule has 3 rings (SSSR count). The van der Waals surface area contributed by atoms with Gasteiger partial charge in [-0.3, -0.25) is 9.59 Å². The molecule has 0 saturated carbocycles. The lowest BCUT2D eigenvalue weighted by Crippen LogP contribution is -2.41. The summed E-state index contributed by atoms with van der Waals surface area (Å²) in [6.07, 6.45) is 0.733. The van der Waals surface area contributed by atoms with E-state index in [0.717, 1.165) is 22.8 Å². The van der Waals surface area contributed by atoms with Gasteiger partial charge in [0.15, 0.2) is 6.29 Å². The van der Waals surface area contributed by atoms with Gasteiger partial charge in [0.1, 0.15) is 12.3 Å². The van der Waals surface area contributed by atoms with Crippen LogP contribution in [0.25, 0.3) is 10.9 Å². The Hall–Kier alpha value is -2.27. The van der Waals surface area contributed by atoms with Crippen LogP contribution in [0.2, 0.25) is 0 Å². The van der Waals surface area contributed by atoms with Crippen molar-refractivity contribution in [1.29, 1.82) is 0 Å². The van der Waals surface area contributed by atoms with Crippen molar-refractivity contribution in [3.8, 4) is 0 Å². The van der Waals surface area contributed by atoms with Crippen molar-refractivity contribution in [2.45, 2.75) is 6.54 Å². The first-order chi connectivity index (χ1) is 9.78. The number of rotatable bonds is 3. The lowest BCUT2D eigenvalue weighted by atomic mass is 10.1. The number of aldehydes is 1. The van der Waals surface area contributed by atoms with E-state index in [2.05, 4.69) is 4.98 Å². The van der Waals surface area contributed by atoms with Crippen LogP contribution in [0.3, 0.4) is 0 Å². The number of fused-ring (bicyclic) bond motifs is 1. The van der Waals surface area contributed by atoms with Gasteiger partial charge < -0.3 is 9.64 Å². The van der Waals surface area contributed by atoms with Gasteiger partial charge in [-0.1, -0.05) is 18.2 Å². The first-order valence-corrected chi connectivity index (χ1v) is 6.47. The summed E-state index contributed by atoms with van der Waals surface area (Å²) in [7, 11) is 0. The van der Waals surface area contributed by atoms with Crippen molar-refractivity contribution in [3.05, 3.63) is 41.6 Å². The third-order valence-electron chi connectivity index (χ3n) is 3.39. The number of amides is 1. The average molecular weight is 270 g/mol. The van der Waals surface area contributed by atoms with Crippen LogP contribution < -0.4 is 0 Å². The minimum Gasteiger partial charge on any atom is -0.370 e. The van der Waals surface area contributed by atoms with Gasteiger partial charge in [-0.25, -0.2) is 4.98 Å². The molecular formula is C15H14N2O3. The number of hydrogen-bond acceptors (Lipinski definition) is 4. The van der Waals surface area contributed by atoms with E-state index in [-0.39, 0.29) is 12.5 Å². The molecule has 1 amide bonds. The quantitative estimate of drug-likeness (QED) is 0.791. The predicted molar refractivity (Wildman–Crippen MR) is 73.4 cm³/mol. The van der Waals surface area contributed by atoms with Gasteiger partial charge in [0.05, 0.1) is 12.1 Å². The van der Waals surface area contributed by atoms with E-state index in [1.54, 1.807) is 11.0 Å². The van der Waals surface area contributed by atoms with Gasteiger partial charge in [-0.05, 0) is 17.7 Å². The summed E-state index contributed by atoms with van der Waals surface area (Å²) in [5, 5.41) is 0.970. The second-order valence-corrected chi connectivity index (χ2v) is 4.71. The molecule has 2 heterocycles. The summed E-state index contributed by atoms with van der Waals surface area (Å²) in [5.74, 6) is -0.0233. The molecule has 20 heavy (non-hydrogen) atoms. The molecular weight excluding hydrogens is 256 g/mol. The molecule has 1 saturated heterocycles. The van der Waals surface area contributed by atoms with Crippen LogP contribution >= 0.6 is 0 Å². The summed E-state index contributed by atoms with van der Waals surface area (Å²) >= 11 is 0. The molecule has 1 aromatic heterocycles. The Kier molecular flexibility index (Phi) is 3.43. The fourth-order valence-electron chi connectivity index (χ4n) is 2.38. The summed E-state index contributed by atoms with van der Waals surface area (Å²) in [6.45, 7) is 1.73.